The van der Waals surface area contributed by atoms with Gasteiger partial charge in [-0.1, -0.05) is 12.1 Å². The van der Waals surface area contributed by atoms with Crippen molar-refractivity contribution in [3.8, 4) is 11.5 Å². The fourth-order valence-electron chi connectivity index (χ4n) is 3.56. The molecule has 1 aromatic heterocycles. The topological polar surface area (TPSA) is 71.6 Å². The van der Waals surface area contributed by atoms with Gasteiger partial charge >= 0.3 is 0 Å². The molecule has 1 atom stereocenters. The summed E-state index contributed by atoms with van der Waals surface area (Å²) >= 11 is 0. The Balaban J connectivity index is 1.58. The SMILES string of the molecule is COc1ccc(CCC2CCCN(C(=O)c3cc(=O)c(OC)c[nH]3)C2)cc1. The van der Waals surface area contributed by atoms with Gasteiger partial charge < -0.3 is 19.4 Å². The predicted molar refractivity (Wildman–Crippen MR) is 104 cm³/mol. The third-order valence-corrected chi connectivity index (χ3v) is 5.13. The van der Waals surface area contributed by atoms with E-state index < -0.39 is 0 Å². The Kier molecular flexibility index (Phi) is 6.16. The number of nitrogens with zero attached hydrogens (tertiary/aromatic N) is 1. The molecule has 1 aliphatic heterocycles. The maximum atomic E-state index is 12.7. The number of benzene rings is 1. The molecular formula is C21H26N2O4. The number of carbonyl (C=O) groups is 1. The molecule has 1 aromatic carbocycles. The van der Waals surface area contributed by atoms with Gasteiger partial charge in [-0.25, -0.2) is 0 Å². The molecule has 1 aliphatic rings. The van der Waals surface area contributed by atoms with Crippen LogP contribution < -0.4 is 14.9 Å². The number of pyridine rings is 1. The molecule has 27 heavy (non-hydrogen) atoms. The summed E-state index contributed by atoms with van der Waals surface area (Å²) in [6.45, 7) is 1.45. The van der Waals surface area contributed by atoms with Crippen LogP contribution in [0.3, 0.4) is 0 Å². The molecule has 6 heteroatoms. The van der Waals surface area contributed by atoms with E-state index in [2.05, 4.69) is 17.1 Å². The van der Waals surface area contributed by atoms with Gasteiger partial charge in [0.1, 0.15) is 11.4 Å². The Morgan fingerprint density at radius 3 is 2.67 bits per heavy atom. The van der Waals surface area contributed by atoms with Crippen molar-refractivity contribution in [3.05, 3.63) is 58.0 Å². The predicted octanol–water partition coefficient (Wildman–Crippen LogP) is 2.88. The lowest BCUT2D eigenvalue weighted by molar-refractivity contribution is 0.0662. The van der Waals surface area contributed by atoms with E-state index in [1.807, 2.05) is 17.0 Å². The van der Waals surface area contributed by atoms with E-state index in [0.717, 1.165) is 44.5 Å². The molecule has 6 nitrogen and oxygen atoms in total. The van der Waals surface area contributed by atoms with E-state index in [9.17, 15) is 9.59 Å². The van der Waals surface area contributed by atoms with E-state index in [1.54, 1.807) is 7.11 Å². The maximum Gasteiger partial charge on any atom is 0.270 e. The summed E-state index contributed by atoms with van der Waals surface area (Å²) in [5.41, 5.74) is 1.31. The first-order chi connectivity index (χ1) is 13.1. The van der Waals surface area contributed by atoms with Crippen LogP contribution in [-0.2, 0) is 6.42 Å². The van der Waals surface area contributed by atoms with Gasteiger partial charge in [0.15, 0.2) is 5.75 Å². The monoisotopic (exact) mass is 370 g/mol. The highest BCUT2D eigenvalue weighted by atomic mass is 16.5. The zero-order chi connectivity index (χ0) is 19.2. The fourth-order valence-corrected chi connectivity index (χ4v) is 3.56. The maximum absolute atomic E-state index is 12.7. The Labute approximate surface area is 159 Å². The quantitative estimate of drug-likeness (QED) is 0.849. The first kappa shape index (κ1) is 19.0. The normalized spacial score (nSPS) is 16.8. The molecule has 2 heterocycles. The molecule has 0 spiro atoms. The minimum atomic E-state index is -0.285. The minimum Gasteiger partial charge on any atom is -0.497 e. The molecule has 1 unspecified atom stereocenters. The van der Waals surface area contributed by atoms with E-state index in [0.29, 0.717) is 11.6 Å². The third-order valence-electron chi connectivity index (χ3n) is 5.13. The van der Waals surface area contributed by atoms with Gasteiger partial charge in [0, 0.05) is 25.4 Å². The Morgan fingerprint density at radius 2 is 2.00 bits per heavy atom. The summed E-state index contributed by atoms with van der Waals surface area (Å²) in [6.07, 6.45) is 5.57. The van der Waals surface area contributed by atoms with Crippen LogP contribution in [0.1, 0.15) is 35.3 Å². The lowest BCUT2D eigenvalue weighted by Crippen LogP contribution is -2.40. The standard InChI is InChI=1S/C21H26N2O4/c1-26-17-9-7-15(8-10-17)5-6-16-4-3-11-23(14-16)21(25)18-12-19(24)20(27-2)13-22-18/h7-10,12-13,16H,3-6,11,14H2,1-2H3,(H,22,24). The van der Waals surface area contributed by atoms with Crippen LogP contribution in [0.25, 0.3) is 0 Å². The van der Waals surface area contributed by atoms with Gasteiger partial charge in [0.05, 0.1) is 14.2 Å². The Bertz CT molecular complexity index is 829. The summed E-state index contributed by atoms with van der Waals surface area (Å²) in [4.78, 5) is 29.4. The van der Waals surface area contributed by atoms with Crippen molar-refractivity contribution >= 4 is 5.91 Å². The lowest BCUT2D eigenvalue weighted by atomic mass is 9.91. The molecule has 3 rings (SSSR count). The van der Waals surface area contributed by atoms with Crippen LogP contribution in [0.15, 0.2) is 41.3 Å². The number of aryl methyl sites for hydroxylation is 1. The Morgan fingerprint density at radius 1 is 1.22 bits per heavy atom. The second-order valence-electron chi connectivity index (χ2n) is 6.93. The number of nitrogens with one attached hydrogen (secondary N) is 1. The van der Waals surface area contributed by atoms with Crippen molar-refractivity contribution in [2.45, 2.75) is 25.7 Å². The number of hydrogen-bond donors (Lipinski definition) is 1. The number of aromatic amines is 1. The number of aromatic nitrogens is 1. The highest BCUT2D eigenvalue weighted by molar-refractivity contribution is 5.92. The molecule has 0 aliphatic carbocycles. The van der Waals surface area contributed by atoms with Crippen molar-refractivity contribution < 1.29 is 14.3 Å². The van der Waals surface area contributed by atoms with Gasteiger partial charge in [-0.05, 0) is 49.3 Å². The number of methoxy groups -OCH3 is 2. The summed E-state index contributed by atoms with van der Waals surface area (Å²) in [6, 6.07) is 9.46. The van der Waals surface area contributed by atoms with E-state index in [1.165, 1.54) is 24.9 Å². The number of rotatable bonds is 6. The van der Waals surface area contributed by atoms with Crippen LogP contribution in [0.2, 0.25) is 0 Å². The third kappa shape index (κ3) is 4.70. The van der Waals surface area contributed by atoms with Crippen LogP contribution in [0, 0.1) is 5.92 Å². The summed E-state index contributed by atoms with van der Waals surface area (Å²) in [5.74, 6) is 1.42. The smallest absolute Gasteiger partial charge is 0.270 e. The van der Waals surface area contributed by atoms with E-state index >= 15 is 0 Å². The van der Waals surface area contributed by atoms with Gasteiger partial charge in [0.25, 0.3) is 5.91 Å². The summed E-state index contributed by atoms with van der Waals surface area (Å²) in [7, 11) is 3.10. The van der Waals surface area contributed by atoms with Crippen molar-refractivity contribution in [2.24, 2.45) is 5.92 Å². The average molecular weight is 370 g/mol. The minimum absolute atomic E-state index is 0.121. The lowest BCUT2D eigenvalue weighted by Gasteiger charge is -2.32. The first-order valence-corrected chi connectivity index (χ1v) is 9.29. The second kappa shape index (κ2) is 8.75. The van der Waals surface area contributed by atoms with Crippen molar-refractivity contribution in [1.29, 1.82) is 0 Å². The van der Waals surface area contributed by atoms with E-state index in [-0.39, 0.29) is 17.1 Å². The Hall–Kier alpha value is -2.76. The van der Waals surface area contributed by atoms with Crippen LogP contribution >= 0.6 is 0 Å². The molecule has 144 valence electrons. The van der Waals surface area contributed by atoms with Gasteiger partial charge in [-0.3, -0.25) is 9.59 Å². The van der Waals surface area contributed by atoms with E-state index in [4.69, 9.17) is 9.47 Å². The average Bonchev–Trinajstić information content (AvgIpc) is 2.72. The molecule has 1 amide bonds. The van der Waals surface area contributed by atoms with Crippen molar-refractivity contribution in [2.75, 3.05) is 27.3 Å². The number of amides is 1. The fraction of sp³-hybridized carbons (Fsp3) is 0.429. The molecule has 2 aromatic rings. The molecule has 0 radical (unpaired) electrons. The number of ether oxygens (including phenoxy) is 2. The number of piperidine rings is 1. The number of hydrogen-bond acceptors (Lipinski definition) is 4. The summed E-state index contributed by atoms with van der Waals surface area (Å²) in [5, 5.41) is 0. The number of likely N-dealkylation sites (tertiary alicyclic amines) is 1. The first-order valence-electron chi connectivity index (χ1n) is 9.29. The largest absolute Gasteiger partial charge is 0.497 e. The highest BCUT2D eigenvalue weighted by Gasteiger charge is 2.25. The summed E-state index contributed by atoms with van der Waals surface area (Å²) < 4.78 is 10.1. The van der Waals surface area contributed by atoms with Gasteiger partial charge in [-0.2, -0.15) is 0 Å². The molecule has 1 fully saturated rings. The molecule has 0 bridgehead atoms. The molecule has 1 N–H and O–H groups in total. The molecule has 0 saturated carbocycles. The number of H-pyrrole nitrogens is 1. The second-order valence-corrected chi connectivity index (χ2v) is 6.93. The zero-order valence-corrected chi connectivity index (χ0v) is 15.9. The van der Waals surface area contributed by atoms with Crippen molar-refractivity contribution in [1.82, 2.24) is 9.88 Å². The van der Waals surface area contributed by atoms with Crippen molar-refractivity contribution in [3.63, 3.8) is 0 Å². The molecular weight excluding hydrogens is 344 g/mol. The van der Waals surface area contributed by atoms with Crippen LogP contribution in [-0.4, -0.2) is 43.1 Å². The van der Waals surface area contributed by atoms with Gasteiger partial charge in [0.2, 0.25) is 5.43 Å². The molecule has 1 saturated heterocycles. The van der Waals surface area contributed by atoms with Crippen LogP contribution in [0.4, 0.5) is 0 Å². The van der Waals surface area contributed by atoms with Gasteiger partial charge in [-0.15, -0.1) is 0 Å². The van der Waals surface area contributed by atoms with Crippen LogP contribution in [0.5, 0.6) is 11.5 Å². The number of carbonyl (C=O) groups excluding carboxylic acids is 1. The zero-order valence-electron chi connectivity index (χ0n) is 15.9. The highest BCUT2D eigenvalue weighted by Crippen LogP contribution is 2.23.